The molecular weight excluding hydrogens is 270 g/mol. The van der Waals surface area contributed by atoms with Gasteiger partial charge in [-0.1, -0.05) is 13.8 Å². The third kappa shape index (κ3) is 3.93. The normalized spacial score (nSPS) is 22.2. The number of nitrogens with zero attached hydrogens (tertiary/aromatic N) is 4. The van der Waals surface area contributed by atoms with Crippen LogP contribution >= 0.6 is 0 Å². The Labute approximate surface area is 126 Å². The summed E-state index contributed by atoms with van der Waals surface area (Å²) in [4.78, 5) is 15.2. The van der Waals surface area contributed by atoms with Crippen LogP contribution in [-0.4, -0.2) is 54.9 Å². The molecule has 1 N–H and O–H groups in total. The first kappa shape index (κ1) is 15.8. The maximum Gasteiger partial charge on any atom is 0.322 e. The molecule has 7 nitrogen and oxygen atoms in total. The van der Waals surface area contributed by atoms with E-state index in [-0.39, 0.29) is 6.10 Å². The summed E-state index contributed by atoms with van der Waals surface area (Å²) in [5.74, 6) is 1.76. The van der Waals surface area contributed by atoms with Crippen molar-refractivity contribution in [1.29, 1.82) is 0 Å². The fourth-order valence-electron chi connectivity index (χ4n) is 2.42. The molecule has 1 aliphatic rings. The van der Waals surface area contributed by atoms with Crippen molar-refractivity contribution < 1.29 is 9.47 Å². The minimum atomic E-state index is 0.202. The number of hydrogen-bond acceptors (Lipinski definition) is 7. The molecule has 0 radical (unpaired) electrons. The average molecular weight is 295 g/mol. The number of hydrogen-bond donors (Lipinski definition) is 1. The number of rotatable bonds is 6. The van der Waals surface area contributed by atoms with E-state index in [4.69, 9.17) is 9.47 Å². The van der Waals surface area contributed by atoms with Crippen molar-refractivity contribution >= 4 is 11.9 Å². The van der Waals surface area contributed by atoms with Crippen molar-refractivity contribution in [2.45, 2.75) is 32.8 Å². The van der Waals surface area contributed by atoms with E-state index >= 15 is 0 Å². The maximum atomic E-state index is 5.55. The zero-order valence-corrected chi connectivity index (χ0v) is 13.3. The smallest absolute Gasteiger partial charge is 0.322 e. The lowest BCUT2D eigenvalue weighted by atomic mass is 9.96. The summed E-state index contributed by atoms with van der Waals surface area (Å²) in [5.41, 5.74) is 0. The van der Waals surface area contributed by atoms with Gasteiger partial charge in [-0.15, -0.1) is 0 Å². The zero-order valence-electron chi connectivity index (χ0n) is 13.3. The summed E-state index contributed by atoms with van der Waals surface area (Å²) in [6.07, 6.45) is 2.27. The quantitative estimate of drug-likeness (QED) is 0.853. The number of piperidine rings is 1. The van der Waals surface area contributed by atoms with Crippen LogP contribution in [0.5, 0.6) is 6.01 Å². The summed E-state index contributed by atoms with van der Waals surface area (Å²) in [7, 11) is 3.33. The topological polar surface area (TPSA) is 72.4 Å². The van der Waals surface area contributed by atoms with Crippen LogP contribution in [0.15, 0.2) is 0 Å². The van der Waals surface area contributed by atoms with Gasteiger partial charge in [0.25, 0.3) is 0 Å². The second kappa shape index (κ2) is 7.40. The monoisotopic (exact) mass is 295 g/mol. The predicted octanol–water partition coefficient (Wildman–Crippen LogP) is 1.56. The molecule has 0 aliphatic carbocycles. The lowest BCUT2D eigenvalue weighted by Gasteiger charge is -2.36. The van der Waals surface area contributed by atoms with Crippen LogP contribution in [-0.2, 0) is 4.74 Å². The first-order valence-corrected chi connectivity index (χ1v) is 7.49. The number of nitrogens with one attached hydrogen (secondary N) is 1. The first-order chi connectivity index (χ1) is 10.2. The summed E-state index contributed by atoms with van der Waals surface area (Å²) in [6.45, 7) is 6.85. The van der Waals surface area contributed by atoms with Gasteiger partial charge in [0.15, 0.2) is 0 Å². The van der Waals surface area contributed by atoms with Crippen LogP contribution in [0.25, 0.3) is 0 Å². The van der Waals surface area contributed by atoms with E-state index in [1.54, 1.807) is 14.2 Å². The number of aromatic nitrogens is 3. The molecule has 118 valence electrons. The highest BCUT2D eigenvalue weighted by Gasteiger charge is 2.28. The Morgan fingerprint density at radius 3 is 2.76 bits per heavy atom. The highest BCUT2D eigenvalue weighted by atomic mass is 16.5. The third-order valence-corrected chi connectivity index (χ3v) is 3.79. The van der Waals surface area contributed by atoms with E-state index in [1.165, 1.54) is 0 Å². The van der Waals surface area contributed by atoms with Crippen molar-refractivity contribution in [3.8, 4) is 6.01 Å². The van der Waals surface area contributed by atoms with Crippen LogP contribution in [0.2, 0.25) is 0 Å². The molecule has 2 heterocycles. The second-order valence-corrected chi connectivity index (χ2v) is 5.36. The largest absolute Gasteiger partial charge is 0.467 e. The fraction of sp³-hybridized carbons (Fsp3) is 0.786. The Bertz CT molecular complexity index is 457. The van der Waals surface area contributed by atoms with E-state index in [2.05, 4.69) is 39.0 Å². The highest BCUT2D eigenvalue weighted by molar-refractivity contribution is 5.39. The Morgan fingerprint density at radius 2 is 2.10 bits per heavy atom. The Morgan fingerprint density at radius 1 is 1.29 bits per heavy atom. The molecule has 21 heavy (non-hydrogen) atoms. The van der Waals surface area contributed by atoms with Crippen LogP contribution in [0.4, 0.5) is 11.9 Å². The maximum absolute atomic E-state index is 5.55. The molecule has 2 rings (SSSR count). The number of anilines is 2. The molecule has 1 aromatic heterocycles. The van der Waals surface area contributed by atoms with E-state index in [0.717, 1.165) is 32.5 Å². The summed E-state index contributed by atoms with van der Waals surface area (Å²) < 4.78 is 10.7. The van der Waals surface area contributed by atoms with Gasteiger partial charge in [-0.25, -0.2) is 0 Å². The van der Waals surface area contributed by atoms with Gasteiger partial charge in [0.05, 0.1) is 13.2 Å². The molecule has 1 saturated heterocycles. The van der Waals surface area contributed by atoms with Gasteiger partial charge in [-0.05, 0) is 18.8 Å². The van der Waals surface area contributed by atoms with Gasteiger partial charge >= 0.3 is 6.01 Å². The molecule has 0 saturated carbocycles. The molecule has 7 heteroatoms. The number of ether oxygens (including phenoxy) is 2. The molecule has 1 aliphatic heterocycles. The standard InChI is InChI=1S/C14H25N5O2/c1-5-7-15-12-16-13(18-14(17-12)21-4)19-8-6-10(2)11(9-19)20-3/h10-11H,5-9H2,1-4H3,(H,15,16,17,18). The van der Waals surface area contributed by atoms with E-state index in [1.807, 2.05) is 0 Å². The molecule has 2 unspecified atom stereocenters. The zero-order chi connectivity index (χ0) is 15.2. The van der Waals surface area contributed by atoms with Crippen LogP contribution in [0, 0.1) is 5.92 Å². The Balaban J connectivity index is 2.17. The molecule has 2 atom stereocenters. The van der Waals surface area contributed by atoms with Crippen molar-refractivity contribution in [3.63, 3.8) is 0 Å². The Kier molecular flexibility index (Phi) is 5.55. The van der Waals surface area contributed by atoms with Gasteiger partial charge in [-0.3, -0.25) is 0 Å². The van der Waals surface area contributed by atoms with Crippen molar-refractivity contribution in [3.05, 3.63) is 0 Å². The second-order valence-electron chi connectivity index (χ2n) is 5.36. The van der Waals surface area contributed by atoms with Gasteiger partial charge in [0.1, 0.15) is 0 Å². The molecular formula is C14H25N5O2. The first-order valence-electron chi connectivity index (χ1n) is 7.49. The minimum absolute atomic E-state index is 0.202. The summed E-state index contributed by atoms with van der Waals surface area (Å²) >= 11 is 0. The van der Waals surface area contributed by atoms with E-state index in [9.17, 15) is 0 Å². The highest BCUT2D eigenvalue weighted by Crippen LogP contribution is 2.24. The SMILES string of the molecule is CCCNc1nc(OC)nc(N2CCC(C)C(OC)C2)n1. The molecule has 0 spiro atoms. The van der Waals surface area contributed by atoms with Gasteiger partial charge in [-0.2, -0.15) is 15.0 Å². The molecule has 0 aromatic carbocycles. The summed E-state index contributed by atoms with van der Waals surface area (Å²) in [5, 5.41) is 3.18. The average Bonchev–Trinajstić information content (AvgIpc) is 2.53. The lowest BCUT2D eigenvalue weighted by Crippen LogP contribution is -2.44. The van der Waals surface area contributed by atoms with E-state index < -0.39 is 0 Å². The fourth-order valence-corrected chi connectivity index (χ4v) is 2.42. The predicted molar refractivity (Wildman–Crippen MR) is 82.0 cm³/mol. The van der Waals surface area contributed by atoms with Crippen LogP contribution in [0.3, 0.4) is 0 Å². The lowest BCUT2D eigenvalue weighted by molar-refractivity contribution is 0.0494. The van der Waals surface area contributed by atoms with E-state index in [0.29, 0.717) is 23.8 Å². The van der Waals surface area contributed by atoms with Crippen molar-refractivity contribution in [2.24, 2.45) is 5.92 Å². The number of methoxy groups -OCH3 is 2. The van der Waals surface area contributed by atoms with Crippen molar-refractivity contribution in [2.75, 3.05) is 44.1 Å². The van der Waals surface area contributed by atoms with Crippen LogP contribution in [0.1, 0.15) is 26.7 Å². The molecule has 0 amide bonds. The molecule has 1 fully saturated rings. The van der Waals surface area contributed by atoms with Gasteiger partial charge in [0.2, 0.25) is 11.9 Å². The summed E-state index contributed by atoms with van der Waals surface area (Å²) in [6, 6.07) is 0.339. The minimum Gasteiger partial charge on any atom is -0.467 e. The van der Waals surface area contributed by atoms with Crippen LogP contribution < -0.4 is 15.0 Å². The van der Waals surface area contributed by atoms with Gasteiger partial charge < -0.3 is 19.7 Å². The Hall–Kier alpha value is -1.63. The van der Waals surface area contributed by atoms with Gasteiger partial charge in [0, 0.05) is 26.7 Å². The molecule has 1 aromatic rings. The molecule has 0 bridgehead atoms. The third-order valence-electron chi connectivity index (χ3n) is 3.79. The van der Waals surface area contributed by atoms with Crippen molar-refractivity contribution in [1.82, 2.24) is 15.0 Å².